The fourth-order valence-electron chi connectivity index (χ4n) is 1.11. The number of rotatable bonds is 5. The number of esters is 1. The van der Waals surface area contributed by atoms with Crippen LogP contribution in [0.2, 0.25) is 0 Å². The van der Waals surface area contributed by atoms with Crippen LogP contribution in [0.5, 0.6) is 0 Å². The van der Waals surface area contributed by atoms with Gasteiger partial charge < -0.3 is 10.5 Å². The van der Waals surface area contributed by atoms with Crippen molar-refractivity contribution in [2.75, 3.05) is 19.4 Å². The van der Waals surface area contributed by atoms with E-state index in [-0.39, 0.29) is 5.97 Å². The molecule has 0 saturated heterocycles. The van der Waals surface area contributed by atoms with Gasteiger partial charge >= 0.3 is 5.97 Å². The molecule has 0 aliphatic rings. The minimum absolute atomic E-state index is 0.154. The van der Waals surface area contributed by atoms with Gasteiger partial charge in [0.15, 0.2) is 0 Å². The number of carbonyl (C=O) groups excluding carboxylic acids is 1. The molecule has 5 heteroatoms. The highest BCUT2D eigenvalue weighted by Crippen LogP contribution is 2.20. The topological polar surface area (TPSA) is 52.3 Å². The summed E-state index contributed by atoms with van der Waals surface area (Å²) in [6.45, 7) is 0.388. The van der Waals surface area contributed by atoms with E-state index >= 15 is 0 Å². The van der Waals surface area contributed by atoms with Crippen LogP contribution >= 0.6 is 23.1 Å². The first-order chi connectivity index (χ1) is 8.26. The van der Waals surface area contributed by atoms with E-state index in [1.165, 1.54) is 12.0 Å². The molecule has 1 heterocycles. The van der Waals surface area contributed by atoms with Crippen LogP contribution in [-0.4, -0.2) is 25.4 Å². The largest absolute Gasteiger partial charge is 0.469 e. The summed E-state index contributed by atoms with van der Waals surface area (Å²) < 4.78 is 4.57. The molecule has 0 spiro atoms. The molecule has 0 amide bonds. The molecule has 0 aliphatic carbocycles. The van der Waals surface area contributed by atoms with Crippen molar-refractivity contribution in [1.82, 2.24) is 0 Å². The summed E-state index contributed by atoms with van der Waals surface area (Å²) in [5.74, 6) is 7.36. The first-order valence-corrected chi connectivity index (χ1v) is 7.20. The van der Waals surface area contributed by atoms with Crippen LogP contribution in [0.15, 0.2) is 11.4 Å². The summed E-state index contributed by atoms with van der Waals surface area (Å²) in [4.78, 5) is 12.1. The average molecular weight is 269 g/mol. The molecule has 3 nitrogen and oxygen atoms in total. The van der Waals surface area contributed by atoms with Gasteiger partial charge in [0.25, 0.3) is 0 Å². The van der Waals surface area contributed by atoms with E-state index in [0.29, 0.717) is 13.0 Å². The Morgan fingerprint density at radius 2 is 2.47 bits per heavy atom. The van der Waals surface area contributed by atoms with Gasteiger partial charge in [-0.25, -0.2) is 0 Å². The molecule has 0 radical (unpaired) electrons. The van der Waals surface area contributed by atoms with Crippen LogP contribution in [0.4, 0.5) is 0 Å². The Morgan fingerprint density at radius 3 is 3.18 bits per heavy atom. The number of hydrogen-bond donors (Lipinski definition) is 1. The molecule has 0 bridgehead atoms. The summed E-state index contributed by atoms with van der Waals surface area (Å²) in [6.07, 6.45) is 0.465. The second kappa shape index (κ2) is 8.18. The minimum Gasteiger partial charge on any atom is -0.469 e. The zero-order chi connectivity index (χ0) is 12.5. The highest BCUT2D eigenvalue weighted by atomic mass is 32.2. The quantitative estimate of drug-likeness (QED) is 0.503. The lowest BCUT2D eigenvalue weighted by molar-refractivity contribution is -0.140. The van der Waals surface area contributed by atoms with E-state index in [2.05, 4.69) is 22.6 Å². The number of thioether (sulfide) groups is 1. The number of ether oxygens (including phenoxy) is 1. The molecule has 1 aromatic heterocycles. The van der Waals surface area contributed by atoms with Gasteiger partial charge in [0.2, 0.25) is 0 Å². The molecule has 0 aliphatic heterocycles. The van der Waals surface area contributed by atoms with Gasteiger partial charge in [-0.2, -0.15) is 11.8 Å². The fourth-order valence-corrected chi connectivity index (χ4v) is 2.97. The molecule has 1 rings (SSSR count). The fraction of sp³-hybridized carbons (Fsp3) is 0.417. The van der Waals surface area contributed by atoms with Crippen LogP contribution in [0, 0.1) is 11.8 Å². The smallest absolute Gasteiger partial charge is 0.306 e. The Balaban J connectivity index is 2.28. The van der Waals surface area contributed by atoms with Gasteiger partial charge in [0.05, 0.1) is 20.1 Å². The lowest BCUT2D eigenvalue weighted by atomic mass is 10.3. The second-order valence-corrected chi connectivity index (χ2v) is 5.29. The molecule has 92 valence electrons. The predicted octanol–water partition coefficient (Wildman–Crippen LogP) is 1.85. The maximum Gasteiger partial charge on any atom is 0.306 e. The number of nitrogens with two attached hydrogens (primary N) is 1. The normalized spacial score (nSPS) is 9.53. The first-order valence-electron chi connectivity index (χ1n) is 5.17. The van der Waals surface area contributed by atoms with Gasteiger partial charge in [-0.3, -0.25) is 4.79 Å². The summed E-state index contributed by atoms with van der Waals surface area (Å²) >= 11 is 3.41. The number of thiophene rings is 1. The van der Waals surface area contributed by atoms with Crippen molar-refractivity contribution in [3.05, 3.63) is 21.9 Å². The zero-order valence-electron chi connectivity index (χ0n) is 9.69. The van der Waals surface area contributed by atoms with Crippen molar-refractivity contribution in [1.29, 1.82) is 0 Å². The number of methoxy groups -OCH3 is 1. The molecule has 17 heavy (non-hydrogen) atoms. The van der Waals surface area contributed by atoms with Gasteiger partial charge in [-0.05, 0) is 6.07 Å². The van der Waals surface area contributed by atoms with E-state index in [1.54, 1.807) is 23.1 Å². The standard InChI is InChI=1S/C12H15NO2S2/c1-15-12(14)4-6-16-9-11-7-10(8-17-11)3-2-5-13/h7-8H,4-6,9,13H2,1H3. The van der Waals surface area contributed by atoms with Crippen LogP contribution in [0.1, 0.15) is 16.9 Å². The maximum absolute atomic E-state index is 10.9. The molecular weight excluding hydrogens is 254 g/mol. The Bertz CT molecular complexity index is 418. The highest BCUT2D eigenvalue weighted by Gasteiger charge is 2.01. The summed E-state index contributed by atoms with van der Waals surface area (Å²) in [5, 5.41) is 2.03. The Kier molecular flexibility index (Phi) is 6.78. The second-order valence-electron chi connectivity index (χ2n) is 3.19. The van der Waals surface area contributed by atoms with E-state index in [1.807, 2.05) is 5.38 Å². The molecule has 0 atom stereocenters. The third kappa shape index (κ3) is 5.78. The monoisotopic (exact) mass is 269 g/mol. The molecule has 1 aromatic rings. The Labute approximate surface area is 110 Å². The van der Waals surface area contributed by atoms with Crippen molar-refractivity contribution >= 4 is 29.1 Å². The van der Waals surface area contributed by atoms with Crippen molar-refractivity contribution in [2.45, 2.75) is 12.2 Å². The van der Waals surface area contributed by atoms with Crippen LogP contribution < -0.4 is 5.73 Å². The maximum atomic E-state index is 10.9. The third-order valence-corrected chi connectivity index (χ3v) is 4.04. The summed E-state index contributed by atoms with van der Waals surface area (Å²) in [5.41, 5.74) is 6.32. The van der Waals surface area contributed by atoms with Gasteiger partial charge in [-0.1, -0.05) is 11.8 Å². The van der Waals surface area contributed by atoms with E-state index < -0.39 is 0 Å². The first kappa shape index (κ1) is 14.1. The number of hydrogen-bond acceptors (Lipinski definition) is 5. The molecule has 0 saturated carbocycles. The van der Waals surface area contributed by atoms with Crippen LogP contribution in [-0.2, 0) is 15.3 Å². The minimum atomic E-state index is -0.154. The van der Waals surface area contributed by atoms with E-state index in [4.69, 9.17) is 5.73 Å². The lowest BCUT2D eigenvalue weighted by Crippen LogP contribution is -2.00. The average Bonchev–Trinajstić information content (AvgIpc) is 2.79. The van der Waals surface area contributed by atoms with E-state index in [0.717, 1.165) is 17.1 Å². The SMILES string of the molecule is COC(=O)CCSCc1cc(C#CCN)cs1. The highest BCUT2D eigenvalue weighted by molar-refractivity contribution is 7.98. The molecular formula is C12H15NO2S2. The Morgan fingerprint density at radius 1 is 1.65 bits per heavy atom. The van der Waals surface area contributed by atoms with Gasteiger partial charge in [0.1, 0.15) is 0 Å². The lowest BCUT2D eigenvalue weighted by Gasteiger charge is -1.98. The van der Waals surface area contributed by atoms with Crippen molar-refractivity contribution in [3.8, 4) is 11.8 Å². The van der Waals surface area contributed by atoms with Crippen molar-refractivity contribution < 1.29 is 9.53 Å². The molecule has 0 unspecified atom stereocenters. The van der Waals surface area contributed by atoms with Crippen LogP contribution in [0.25, 0.3) is 0 Å². The molecule has 0 aromatic carbocycles. The Hall–Kier alpha value is -0.960. The molecule has 0 fully saturated rings. The van der Waals surface area contributed by atoms with Crippen molar-refractivity contribution in [3.63, 3.8) is 0 Å². The summed E-state index contributed by atoms with van der Waals surface area (Å²) in [6, 6.07) is 2.07. The van der Waals surface area contributed by atoms with Gasteiger partial charge in [0, 0.05) is 27.3 Å². The zero-order valence-corrected chi connectivity index (χ0v) is 11.3. The third-order valence-electron chi connectivity index (χ3n) is 1.91. The van der Waals surface area contributed by atoms with E-state index in [9.17, 15) is 4.79 Å². The van der Waals surface area contributed by atoms with Crippen molar-refractivity contribution in [2.24, 2.45) is 5.73 Å². The number of carbonyl (C=O) groups is 1. The molecule has 2 N–H and O–H groups in total. The van der Waals surface area contributed by atoms with Gasteiger partial charge in [-0.15, -0.1) is 11.3 Å². The summed E-state index contributed by atoms with van der Waals surface area (Å²) in [7, 11) is 1.41. The van der Waals surface area contributed by atoms with Crippen LogP contribution in [0.3, 0.4) is 0 Å². The predicted molar refractivity (Wildman–Crippen MR) is 73.0 cm³/mol.